The highest BCUT2D eigenvalue weighted by Gasteiger charge is 2.23. The lowest BCUT2D eigenvalue weighted by Crippen LogP contribution is -2.48. The summed E-state index contributed by atoms with van der Waals surface area (Å²) in [6, 6.07) is 5.59. The average molecular weight is 310 g/mol. The summed E-state index contributed by atoms with van der Waals surface area (Å²) in [5, 5.41) is 6.15. The molecule has 2 heterocycles. The highest BCUT2D eigenvalue weighted by atomic mass is 35.5. The summed E-state index contributed by atoms with van der Waals surface area (Å²) < 4.78 is 0. The summed E-state index contributed by atoms with van der Waals surface area (Å²) in [6.45, 7) is 4.98. The monoisotopic (exact) mass is 309 g/mol. The van der Waals surface area contributed by atoms with Crippen LogP contribution in [-0.2, 0) is 11.2 Å². The Kier molecular flexibility index (Phi) is 4.85. The van der Waals surface area contributed by atoms with Gasteiger partial charge in [0.1, 0.15) is 0 Å². The summed E-state index contributed by atoms with van der Waals surface area (Å²) in [5.41, 5.74) is 2.71. The number of nitrogens with zero attached hydrogens (tertiary/aromatic N) is 1. The number of amides is 2. The maximum Gasteiger partial charge on any atom is 0.251 e. The Labute approximate surface area is 130 Å². The minimum Gasteiger partial charge on any atom is -0.352 e. The Balaban J connectivity index is 0.00000161. The first-order valence-electron chi connectivity index (χ1n) is 7.05. The summed E-state index contributed by atoms with van der Waals surface area (Å²) in [5.74, 6) is 0.584. The number of benzene rings is 1. The molecule has 5 nitrogen and oxygen atoms in total. The molecule has 0 unspecified atom stereocenters. The molecule has 6 heteroatoms. The van der Waals surface area contributed by atoms with Gasteiger partial charge in [0, 0.05) is 50.3 Å². The Hall–Kier alpha value is -1.59. The first-order chi connectivity index (χ1) is 9.65. The van der Waals surface area contributed by atoms with Crippen molar-refractivity contribution >= 4 is 29.9 Å². The fourth-order valence-electron chi connectivity index (χ4n) is 2.70. The summed E-state index contributed by atoms with van der Waals surface area (Å²) >= 11 is 0. The van der Waals surface area contributed by atoms with Crippen molar-refractivity contribution in [2.75, 3.05) is 31.1 Å². The van der Waals surface area contributed by atoms with E-state index in [-0.39, 0.29) is 24.2 Å². The molecule has 0 saturated carbocycles. The van der Waals surface area contributed by atoms with Gasteiger partial charge >= 0.3 is 0 Å². The van der Waals surface area contributed by atoms with Crippen molar-refractivity contribution in [1.82, 2.24) is 10.6 Å². The first-order valence-corrected chi connectivity index (χ1v) is 7.05. The van der Waals surface area contributed by atoms with Gasteiger partial charge in [-0.25, -0.2) is 0 Å². The van der Waals surface area contributed by atoms with Crippen molar-refractivity contribution in [3.05, 3.63) is 29.3 Å². The lowest BCUT2D eigenvalue weighted by molar-refractivity contribution is -0.116. The van der Waals surface area contributed by atoms with Gasteiger partial charge in [-0.2, -0.15) is 0 Å². The summed E-state index contributed by atoms with van der Waals surface area (Å²) in [6.07, 6.45) is 0.822. The van der Waals surface area contributed by atoms with E-state index in [1.54, 1.807) is 17.9 Å². The molecule has 0 aliphatic carbocycles. The van der Waals surface area contributed by atoms with Crippen LogP contribution in [0.5, 0.6) is 0 Å². The van der Waals surface area contributed by atoms with Crippen molar-refractivity contribution in [1.29, 1.82) is 0 Å². The summed E-state index contributed by atoms with van der Waals surface area (Å²) in [7, 11) is 0. The van der Waals surface area contributed by atoms with E-state index in [0.29, 0.717) is 18.0 Å². The van der Waals surface area contributed by atoms with E-state index in [0.717, 1.165) is 37.3 Å². The number of hydrogen-bond donors (Lipinski definition) is 2. The molecule has 0 radical (unpaired) electrons. The Bertz CT molecular complexity index is 558. The normalized spacial score (nSPS) is 16.7. The van der Waals surface area contributed by atoms with Gasteiger partial charge in [0.2, 0.25) is 5.91 Å². The second-order valence-corrected chi connectivity index (χ2v) is 5.50. The number of nitrogens with one attached hydrogen (secondary N) is 2. The molecule has 3 rings (SSSR count). The molecule has 1 aromatic carbocycles. The molecule has 0 bridgehead atoms. The molecule has 2 aliphatic heterocycles. The van der Waals surface area contributed by atoms with Crippen LogP contribution in [0.4, 0.5) is 5.69 Å². The maximum absolute atomic E-state index is 12.1. The number of anilines is 1. The predicted octanol–water partition coefficient (Wildman–Crippen LogP) is 0.967. The largest absolute Gasteiger partial charge is 0.352 e. The van der Waals surface area contributed by atoms with Gasteiger partial charge in [0.25, 0.3) is 5.91 Å². The molecule has 0 aromatic heterocycles. The van der Waals surface area contributed by atoms with E-state index in [1.165, 1.54) is 0 Å². The van der Waals surface area contributed by atoms with E-state index in [2.05, 4.69) is 10.6 Å². The SMILES string of the molecule is CC(=O)N1CCc2cc(C(=O)NCC3CNC3)ccc21.Cl. The Morgan fingerprint density at radius 2 is 2.14 bits per heavy atom. The molecule has 2 amide bonds. The fourth-order valence-corrected chi connectivity index (χ4v) is 2.70. The van der Waals surface area contributed by atoms with Gasteiger partial charge in [-0.1, -0.05) is 0 Å². The minimum atomic E-state index is -0.0269. The van der Waals surface area contributed by atoms with Crippen LogP contribution < -0.4 is 15.5 Å². The van der Waals surface area contributed by atoms with Crippen molar-refractivity contribution in [3.63, 3.8) is 0 Å². The molecule has 2 N–H and O–H groups in total. The van der Waals surface area contributed by atoms with E-state index in [4.69, 9.17) is 0 Å². The number of carbonyl (C=O) groups is 2. The zero-order valence-electron chi connectivity index (χ0n) is 12.0. The predicted molar refractivity (Wildman–Crippen MR) is 84.1 cm³/mol. The average Bonchev–Trinajstić information content (AvgIpc) is 2.79. The van der Waals surface area contributed by atoms with Crippen molar-refractivity contribution in [3.8, 4) is 0 Å². The third-order valence-electron chi connectivity index (χ3n) is 4.03. The van der Waals surface area contributed by atoms with Crippen molar-refractivity contribution in [2.45, 2.75) is 13.3 Å². The lowest BCUT2D eigenvalue weighted by Gasteiger charge is -2.27. The topological polar surface area (TPSA) is 61.4 Å². The van der Waals surface area contributed by atoms with Crippen LogP contribution in [0.15, 0.2) is 18.2 Å². The van der Waals surface area contributed by atoms with E-state index >= 15 is 0 Å². The molecule has 114 valence electrons. The van der Waals surface area contributed by atoms with Crippen LogP contribution in [0, 0.1) is 5.92 Å². The molecule has 0 atom stereocenters. The second-order valence-electron chi connectivity index (χ2n) is 5.50. The molecular formula is C15H20ClN3O2. The van der Waals surface area contributed by atoms with Gasteiger partial charge in [0.15, 0.2) is 0 Å². The third kappa shape index (κ3) is 3.19. The fraction of sp³-hybridized carbons (Fsp3) is 0.467. The standard InChI is InChI=1S/C15H19N3O2.ClH/c1-10(19)18-5-4-12-6-13(2-3-14(12)18)15(20)17-9-11-7-16-8-11;/h2-3,6,11,16H,4-5,7-9H2,1H3,(H,17,20);1H. The molecule has 1 saturated heterocycles. The lowest BCUT2D eigenvalue weighted by atomic mass is 10.0. The Morgan fingerprint density at radius 3 is 2.76 bits per heavy atom. The highest BCUT2D eigenvalue weighted by molar-refractivity contribution is 5.97. The zero-order valence-corrected chi connectivity index (χ0v) is 12.8. The minimum absolute atomic E-state index is 0. The zero-order chi connectivity index (χ0) is 14.1. The van der Waals surface area contributed by atoms with Crippen molar-refractivity contribution in [2.24, 2.45) is 5.92 Å². The van der Waals surface area contributed by atoms with Crippen LogP contribution >= 0.6 is 12.4 Å². The Morgan fingerprint density at radius 1 is 1.38 bits per heavy atom. The number of rotatable bonds is 3. The van der Waals surface area contributed by atoms with E-state index < -0.39 is 0 Å². The molecule has 0 spiro atoms. The maximum atomic E-state index is 12.1. The first kappa shape index (κ1) is 15.8. The molecule has 1 fully saturated rings. The molecular weight excluding hydrogens is 290 g/mol. The quantitative estimate of drug-likeness (QED) is 0.874. The third-order valence-corrected chi connectivity index (χ3v) is 4.03. The van der Waals surface area contributed by atoms with Crippen LogP contribution in [-0.4, -0.2) is 38.0 Å². The summed E-state index contributed by atoms with van der Waals surface area (Å²) in [4.78, 5) is 25.3. The molecule has 2 aliphatic rings. The van der Waals surface area contributed by atoms with Gasteiger partial charge < -0.3 is 15.5 Å². The van der Waals surface area contributed by atoms with Gasteiger partial charge in [-0.05, 0) is 30.2 Å². The molecule has 1 aromatic rings. The van der Waals surface area contributed by atoms with Crippen LogP contribution in [0.3, 0.4) is 0 Å². The second kappa shape index (κ2) is 6.45. The van der Waals surface area contributed by atoms with Gasteiger partial charge in [0.05, 0.1) is 0 Å². The van der Waals surface area contributed by atoms with Crippen LogP contribution in [0.2, 0.25) is 0 Å². The van der Waals surface area contributed by atoms with Crippen LogP contribution in [0.1, 0.15) is 22.8 Å². The number of halogens is 1. The van der Waals surface area contributed by atoms with E-state index in [9.17, 15) is 9.59 Å². The van der Waals surface area contributed by atoms with Crippen LogP contribution in [0.25, 0.3) is 0 Å². The van der Waals surface area contributed by atoms with Gasteiger partial charge in [-0.15, -0.1) is 12.4 Å². The highest BCUT2D eigenvalue weighted by Crippen LogP contribution is 2.28. The number of carbonyl (C=O) groups excluding carboxylic acids is 2. The number of fused-ring (bicyclic) bond motifs is 1. The smallest absolute Gasteiger partial charge is 0.251 e. The van der Waals surface area contributed by atoms with Crippen molar-refractivity contribution < 1.29 is 9.59 Å². The van der Waals surface area contributed by atoms with Gasteiger partial charge in [-0.3, -0.25) is 9.59 Å². The number of hydrogen-bond acceptors (Lipinski definition) is 3. The van der Waals surface area contributed by atoms with E-state index in [1.807, 2.05) is 12.1 Å². The molecule has 21 heavy (non-hydrogen) atoms.